The SMILES string of the molecule is CC(C)(O)COC1=CN(c2ccc(F)c(Cl)c2)NC=C1. The van der Waals surface area contributed by atoms with Crippen LogP contribution in [-0.2, 0) is 4.74 Å². The first-order valence-electron chi connectivity index (χ1n) is 6.09. The van der Waals surface area contributed by atoms with Crippen LogP contribution in [-0.4, -0.2) is 17.3 Å². The second-order valence-corrected chi connectivity index (χ2v) is 5.47. The molecule has 108 valence electrons. The lowest BCUT2D eigenvalue weighted by molar-refractivity contribution is 0.00539. The van der Waals surface area contributed by atoms with Gasteiger partial charge >= 0.3 is 0 Å². The summed E-state index contributed by atoms with van der Waals surface area (Å²) >= 11 is 5.76. The molecule has 0 radical (unpaired) electrons. The van der Waals surface area contributed by atoms with Crippen LogP contribution in [0.4, 0.5) is 10.1 Å². The van der Waals surface area contributed by atoms with Gasteiger partial charge in [-0.15, -0.1) is 0 Å². The molecule has 0 saturated heterocycles. The molecule has 1 aromatic carbocycles. The molecule has 1 aromatic rings. The summed E-state index contributed by atoms with van der Waals surface area (Å²) in [4.78, 5) is 0. The Bertz CT molecular complexity index is 553. The van der Waals surface area contributed by atoms with Crippen molar-refractivity contribution in [2.24, 2.45) is 0 Å². The van der Waals surface area contributed by atoms with Crippen LogP contribution in [0.25, 0.3) is 0 Å². The average Bonchev–Trinajstić information content (AvgIpc) is 2.39. The molecule has 1 heterocycles. The van der Waals surface area contributed by atoms with E-state index in [0.29, 0.717) is 11.4 Å². The summed E-state index contributed by atoms with van der Waals surface area (Å²) in [6.45, 7) is 3.49. The molecule has 0 amide bonds. The maximum Gasteiger partial charge on any atom is 0.141 e. The van der Waals surface area contributed by atoms with E-state index < -0.39 is 11.4 Å². The molecule has 0 fully saturated rings. The Kier molecular flexibility index (Phi) is 4.20. The van der Waals surface area contributed by atoms with Gasteiger partial charge in [0.1, 0.15) is 18.2 Å². The van der Waals surface area contributed by atoms with Crippen LogP contribution in [0.1, 0.15) is 13.8 Å². The van der Waals surface area contributed by atoms with E-state index in [-0.39, 0.29) is 11.6 Å². The summed E-state index contributed by atoms with van der Waals surface area (Å²) in [6.07, 6.45) is 5.10. The highest BCUT2D eigenvalue weighted by Gasteiger charge is 2.15. The predicted molar refractivity (Wildman–Crippen MR) is 76.5 cm³/mol. The van der Waals surface area contributed by atoms with Crippen molar-refractivity contribution in [3.05, 3.63) is 53.3 Å². The molecule has 1 aliphatic heterocycles. The molecule has 0 aliphatic carbocycles. The lowest BCUT2D eigenvalue weighted by Crippen LogP contribution is -2.32. The highest BCUT2D eigenvalue weighted by atomic mass is 35.5. The highest BCUT2D eigenvalue weighted by molar-refractivity contribution is 6.31. The van der Waals surface area contributed by atoms with Gasteiger partial charge in [-0.25, -0.2) is 4.39 Å². The van der Waals surface area contributed by atoms with Crippen LogP contribution < -0.4 is 10.4 Å². The number of allylic oxidation sites excluding steroid dienone is 1. The van der Waals surface area contributed by atoms with Crippen LogP contribution in [0.3, 0.4) is 0 Å². The van der Waals surface area contributed by atoms with Gasteiger partial charge in [0.25, 0.3) is 0 Å². The Hall–Kier alpha value is -1.72. The van der Waals surface area contributed by atoms with E-state index in [1.807, 2.05) is 0 Å². The first-order chi connectivity index (χ1) is 9.35. The van der Waals surface area contributed by atoms with Gasteiger partial charge in [-0.1, -0.05) is 11.6 Å². The van der Waals surface area contributed by atoms with Gasteiger partial charge in [0.05, 0.1) is 22.5 Å². The Balaban J connectivity index is 2.11. The quantitative estimate of drug-likeness (QED) is 0.897. The van der Waals surface area contributed by atoms with Crippen LogP contribution in [0.2, 0.25) is 5.02 Å². The number of benzene rings is 1. The fourth-order valence-corrected chi connectivity index (χ4v) is 1.71. The lowest BCUT2D eigenvalue weighted by atomic mass is 10.2. The summed E-state index contributed by atoms with van der Waals surface area (Å²) < 4.78 is 18.6. The maximum atomic E-state index is 13.1. The van der Waals surface area contributed by atoms with Crippen LogP contribution in [0.5, 0.6) is 0 Å². The second kappa shape index (κ2) is 5.73. The zero-order valence-corrected chi connectivity index (χ0v) is 12.0. The minimum Gasteiger partial charge on any atom is -0.489 e. The molecule has 0 atom stereocenters. The summed E-state index contributed by atoms with van der Waals surface area (Å²) in [5.41, 5.74) is 2.72. The first kappa shape index (κ1) is 14.7. The number of nitrogens with zero attached hydrogens (tertiary/aromatic N) is 1. The lowest BCUT2D eigenvalue weighted by Gasteiger charge is -2.26. The fourth-order valence-electron chi connectivity index (χ4n) is 1.54. The number of nitrogens with one attached hydrogen (secondary N) is 1. The average molecular weight is 299 g/mol. The molecule has 6 heteroatoms. The minimum absolute atomic E-state index is 0.0474. The summed E-state index contributed by atoms with van der Waals surface area (Å²) in [6, 6.07) is 4.40. The number of halogens is 2. The number of aliphatic hydroxyl groups is 1. The third-order valence-corrected chi connectivity index (χ3v) is 2.78. The molecule has 2 N–H and O–H groups in total. The number of hydrazine groups is 1. The van der Waals surface area contributed by atoms with Crippen molar-refractivity contribution < 1.29 is 14.2 Å². The third kappa shape index (κ3) is 3.88. The van der Waals surface area contributed by atoms with Gasteiger partial charge in [0.15, 0.2) is 0 Å². The zero-order valence-electron chi connectivity index (χ0n) is 11.2. The Morgan fingerprint density at radius 3 is 2.85 bits per heavy atom. The topological polar surface area (TPSA) is 44.7 Å². The number of hydrogen-bond acceptors (Lipinski definition) is 4. The van der Waals surface area contributed by atoms with Crippen molar-refractivity contribution >= 4 is 17.3 Å². The van der Waals surface area contributed by atoms with Crippen LogP contribution in [0.15, 0.2) is 42.4 Å². The van der Waals surface area contributed by atoms with Gasteiger partial charge in [-0.2, -0.15) is 0 Å². The van der Waals surface area contributed by atoms with E-state index in [1.54, 1.807) is 43.4 Å². The number of ether oxygens (including phenoxy) is 1. The molecule has 0 spiro atoms. The second-order valence-electron chi connectivity index (χ2n) is 5.06. The van der Waals surface area contributed by atoms with Crippen molar-refractivity contribution in [1.82, 2.24) is 5.43 Å². The molecule has 0 aromatic heterocycles. The third-order valence-electron chi connectivity index (χ3n) is 2.49. The van der Waals surface area contributed by atoms with E-state index in [4.69, 9.17) is 16.3 Å². The maximum absolute atomic E-state index is 13.1. The van der Waals surface area contributed by atoms with Crippen molar-refractivity contribution in [2.75, 3.05) is 11.6 Å². The molecule has 0 saturated carbocycles. The molecule has 4 nitrogen and oxygen atoms in total. The van der Waals surface area contributed by atoms with Gasteiger partial charge in [0, 0.05) is 6.20 Å². The standard InChI is InChI=1S/C14H16ClFN2O2/c1-14(2,19)9-20-11-5-6-17-18(8-11)10-3-4-13(16)12(15)7-10/h3-8,17,19H,9H2,1-2H3. The Labute approximate surface area is 122 Å². The van der Waals surface area contributed by atoms with Gasteiger partial charge in [0.2, 0.25) is 0 Å². The van der Waals surface area contributed by atoms with E-state index in [9.17, 15) is 9.50 Å². The molecule has 0 unspecified atom stereocenters. The van der Waals surface area contributed by atoms with E-state index >= 15 is 0 Å². The number of anilines is 1. The number of rotatable bonds is 4. The van der Waals surface area contributed by atoms with Crippen LogP contribution in [0, 0.1) is 5.82 Å². The largest absolute Gasteiger partial charge is 0.489 e. The minimum atomic E-state index is -0.913. The summed E-state index contributed by atoms with van der Waals surface area (Å²) in [7, 11) is 0. The molecule has 1 aliphatic rings. The molecular weight excluding hydrogens is 283 g/mol. The molecule has 0 bridgehead atoms. The predicted octanol–water partition coefficient (Wildman–Crippen LogP) is 2.95. The molecular formula is C14H16ClFN2O2. The van der Waals surface area contributed by atoms with Crippen molar-refractivity contribution in [3.63, 3.8) is 0 Å². The normalized spacial score (nSPS) is 14.8. The van der Waals surface area contributed by atoms with Crippen molar-refractivity contribution in [3.8, 4) is 0 Å². The summed E-state index contributed by atoms with van der Waals surface area (Å²) in [5, 5.41) is 11.3. The fraction of sp³-hybridized carbons (Fsp3) is 0.286. The van der Waals surface area contributed by atoms with Crippen molar-refractivity contribution in [1.29, 1.82) is 0 Å². The Morgan fingerprint density at radius 1 is 1.45 bits per heavy atom. The van der Waals surface area contributed by atoms with Gasteiger partial charge < -0.3 is 15.3 Å². The van der Waals surface area contributed by atoms with E-state index in [0.717, 1.165) is 0 Å². The highest BCUT2D eigenvalue weighted by Crippen LogP contribution is 2.23. The van der Waals surface area contributed by atoms with E-state index in [1.165, 1.54) is 12.1 Å². The monoisotopic (exact) mass is 298 g/mol. The summed E-state index contributed by atoms with van der Waals surface area (Å²) in [5.74, 6) is 0.108. The molecule has 2 rings (SSSR count). The van der Waals surface area contributed by atoms with Crippen molar-refractivity contribution in [2.45, 2.75) is 19.4 Å². The van der Waals surface area contributed by atoms with Gasteiger partial charge in [-0.05, 0) is 38.1 Å². The molecule has 20 heavy (non-hydrogen) atoms. The smallest absolute Gasteiger partial charge is 0.141 e. The van der Waals surface area contributed by atoms with Crippen LogP contribution >= 0.6 is 11.6 Å². The Morgan fingerprint density at radius 2 is 2.20 bits per heavy atom. The van der Waals surface area contributed by atoms with Gasteiger partial charge in [-0.3, -0.25) is 5.01 Å². The number of hydrogen-bond donors (Lipinski definition) is 2. The zero-order chi connectivity index (χ0) is 14.8. The first-order valence-corrected chi connectivity index (χ1v) is 6.47. The van der Waals surface area contributed by atoms with E-state index in [2.05, 4.69) is 5.43 Å².